The molecule has 2 aromatic heterocycles. The molecule has 106 valence electrons. The number of aromatic nitrogens is 3. The van der Waals surface area contributed by atoms with E-state index in [-0.39, 0.29) is 11.6 Å². The quantitative estimate of drug-likeness (QED) is 0.756. The summed E-state index contributed by atoms with van der Waals surface area (Å²) < 4.78 is 1.18. The maximum absolute atomic E-state index is 11.6. The molecule has 1 aromatic carbocycles. The average Bonchev–Trinajstić information content (AvgIpc) is 2.75. The minimum absolute atomic E-state index is 0.00113. The lowest BCUT2D eigenvalue weighted by molar-refractivity contribution is 0.0688. The van der Waals surface area contributed by atoms with Crippen LogP contribution in [0.3, 0.4) is 0 Å². The molecule has 0 spiro atoms. The molecule has 0 aliphatic heterocycles. The lowest BCUT2D eigenvalue weighted by atomic mass is 10.0. The van der Waals surface area contributed by atoms with E-state index in [1.165, 1.54) is 4.52 Å². The molecule has 0 radical (unpaired) electrons. The normalized spacial score (nSPS) is 11.0. The van der Waals surface area contributed by atoms with Crippen molar-refractivity contribution in [2.75, 3.05) is 5.73 Å². The molecule has 3 aromatic rings. The number of nitrogens with zero attached hydrogens (tertiary/aromatic N) is 3. The van der Waals surface area contributed by atoms with Crippen molar-refractivity contribution in [1.82, 2.24) is 14.6 Å². The van der Waals surface area contributed by atoms with Crippen LogP contribution < -0.4 is 5.73 Å². The van der Waals surface area contributed by atoms with Gasteiger partial charge in [0.2, 0.25) is 5.95 Å². The van der Waals surface area contributed by atoms with E-state index in [1.54, 1.807) is 30.3 Å². The smallest absolute Gasteiger partial charge is 0.355 e. The molecule has 8 heteroatoms. The second-order valence-corrected chi connectivity index (χ2v) is 5.17. The third-order valence-electron chi connectivity index (χ3n) is 2.89. The molecular formula is C13H8Cl2N4O2. The minimum Gasteiger partial charge on any atom is -0.476 e. The lowest BCUT2D eigenvalue weighted by Gasteiger charge is -2.08. The molecule has 0 saturated heterocycles. The molecule has 3 N–H and O–H groups in total. The van der Waals surface area contributed by atoms with Crippen molar-refractivity contribution >= 4 is 40.8 Å². The monoisotopic (exact) mass is 322 g/mol. The summed E-state index contributed by atoms with van der Waals surface area (Å²) in [4.78, 5) is 15.5. The molecule has 3 rings (SSSR count). The third-order valence-corrected chi connectivity index (χ3v) is 3.33. The predicted octanol–water partition coefficient (Wildman–Crippen LogP) is 2.98. The Hall–Kier alpha value is -2.31. The van der Waals surface area contributed by atoms with Gasteiger partial charge in [-0.1, -0.05) is 23.2 Å². The number of hydrogen-bond donors (Lipinski definition) is 2. The Kier molecular flexibility index (Phi) is 3.19. The van der Waals surface area contributed by atoms with Crippen LogP contribution in [0.5, 0.6) is 0 Å². The van der Waals surface area contributed by atoms with E-state index in [4.69, 9.17) is 28.9 Å². The van der Waals surface area contributed by atoms with E-state index in [0.717, 1.165) is 0 Å². The number of rotatable bonds is 2. The number of benzene rings is 1. The Morgan fingerprint density at radius 3 is 2.48 bits per heavy atom. The van der Waals surface area contributed by atoms with Crippen LogP contribution in [0, 0.1) is 0 Å². The summed E-state index contributed by atoms with van der Waals surface area (Å²) in [6, 6.07) is 8.07. The fraction of sp³-hybridized carbons (Fsp3) is 0. The molecule has 0 fully saturated rings. The van der Waals surface area contributed by atoms with Crippen molar-refractivity contribution in [1.29, 1.82) is 0 Å². The number of carboxylic acid groups (broad SMARTS) is 1. The standard InChI is InChI=1S/C13H8Cl2N4O2/c14-7-3-6(4-8(15)5-7)9-1-2-10-17-13(16)18-19(10)11(9)12(20)21/h1-5H,(H2,16,18)(H,20,21). The maximum Gasteiger partial charge on any atom is 0.355 e. The molecule has 0 aliphatic carbocycles. The zero-order chi connectivity index (χ0) is 15.1. The number of hydrogen-bond acceptors (Lipinski definition) is 4. The van der Waals surface area contributed by atoms with Crippen molar-refractivity contribution in [2.24, 2.45) is 0 Å². The Labute approximate surface area is 128 Å². The SMILES string of the molecule is Nc1nc2ccc(-c3cc(Cl)cc(Cl)c3)c(C(=O)O)n2n1. The average molecular weight is 323 g/mol. The third kappa shape index (κ3) is 2.39. The Balaban J connectivity index is 2.36. The lowest BCUT2D eigenvalue weighted by Crippen LogP contribution is -2.09. The molecular weight excluding hydrogens is 315 g/mol. The van der Waals surface area contributed by atoms with Crippen molar-refractivity contribution < 1.29 is 9.90 Å². The topological polar surface area (TPSA) is 93.5 Å². The zero-order valence-electron chi connectivity index (χ0n) is 10.4. The van der Waals surface area contributed by atoms with Gasteiger partial charge in [0.1, 0.15) is 0 Å². The van der Waals surface area contributed by atoms with Crippen molar-refractivity contribution in [3.63, 3.8) is 0 Å². The van der Waals surface area contributed by atoms with Gasteiger partial charge in [-0.15, -0.1) is 5.10 Å². The van der Waals surface area contributed by atoms with E-state index in [0.29, 0.717) is 26.8 Å². The fourth-order valence-corrected chi connectivity index (χ4v) is 2.64. The van der Waals surface area contributed by atoms with E-state index in [2.05, 4.69) is 10.1 Å². The minimum atomic E-state index is -1.16. The molecule has 2 heterocycles. The van der Waals surface area contributed by atoms with E-state index in [9.17, 15) is 9.90 Å². The first-order valence-electron chi connectivity index (χ1n) is 5.81. The second kappa shape index (κ2) is 4.91. The number of aromatic carboxylic acids is 1. The van der Waals surface area contributed by atoms with Gasteiger partial charge in [0.25, 0.3) is 0 Å². The molecule has 0 unspecified atom stereocenters. The Morgan fingerprint density at radius 2 is 1.86 bits per heavy atom. The number of nitrogens with two attached hydrogens (primary N) is 1. The number of halogens is 2. The highest BCUT2D eigenvalue weighted by atomic mass is 35.5. The number of anilines is 1. The highest BCUT2D eigenvalue weighted by Gasteiger charge is 2.19. The van der Waals surface area contributed by atoms with Gasteiger partial charge in [-0.25, -0.2) is 9.31 Å². The van der Waals surface area contributed by atoms with Crippen molar-refractivity contribution in [2.45, 2.75) is 0 Å². The molecule has 0 bridgehead atoms. The van der Waals surface area contributed by atoms with Crippen LogP contribution in [0.2, 0.25) is 10.0 Å². The van der Waals surface area contributed by atoms with Crippen LogP contribution in [-0.2, 0) is 0 Å². The molecule has 6 nitrogen and oxygen atoms in total. The zero-order valence-corrected chi connectivity index (χ0v) is 11.9. The first-order valence-corrected chi connectivity index (χ1v) is 6.56. The molecule has 0 amide bonds. The van der Waals surface area contributed by atoms with Crippen LogP contribution in [0.15, 0.2) is 30.3 Å². The van der Waals surface area contributed by atoms with Crippen LogP contribution >= 0.6 is 23.2 Å². The molecule has 0 atom stereocenters. The van der Waals surface area contributed by atoms with Gasteiger partial charge in [0.05, 0.1) is 0 Å². The van der Waals surface area contributed by atoms with Gasteiger partial charge >= 0.3 is 5.97 Å². The number of carboxylic acids is 1. The first-order chi connectivity index (χ1) is 9.95. The van der Waals surface area contributed by atoms with Gasteiger partial charge in [-0.05, 0) is 35.9 Å². The maximum atomic E-state index is 11.6. The van der Waals surface area contributed by atoms with Crippen LogP contribution in [0.25, 0.3) is 16.8 Å². The molecule has 21 heavy (non-hydrogen) atoms. The van der Waals surface area contributed by atoms with Gasteiger partial charge in [-0.3, -0.25) is 0 Å². The summed E-state index contributed by atoms with van der Waals surface area (Å²) in [5, 5.41) is 14.2. The van der Waals surface area contributed by atoms with Gasteiger partial charge < -0.3 is 10.8 Å². The van der Waals surface area contributed by atoms with Gasteiger partial charge in [0, 0.05) is 15.6 Å². The first kappa shape index (κ1) is 13.7. The largest absolute Gasteiger partial charge is 0.476 e. The van der Waals surface area contributed by atoms with Crippen molar-refractivity contribution in [3.05, 3.63) is 46.1 Å². The van der Waals surface area contributed by atoms with Gasteiger partial charge in [0.15, 0.2) is 11.3 Å². The van der Waals surface area contributed by atoms with Crippen LogP contribution in [0.1, 0.15) is 10.5 Å². The number of pyridine rings is 1. The van der Waals surface area contributed by atoms with Crippen LogP contribution in [0.4, 0.5) is 5.95 Å². The van der Waals surface area contributed by atoms with Crippen LogP contribution in [-0.4, -0.2) is 25.7 Å². The molecule has 0 saturated carbocycles. The van der Waals surface area contributed by atoms with E-state index >= 15 is 0 Å². The fourth-order valence-electron chi connectivity index (χ4n) is 2.11. The summed E-state index contributed by atoms with van der Waals surface area (Å²) in [5.74, 6) is -1.16. The summed E-state index contributed by atoms with van der Waals surface area (Å²) in [5.41, 5.74) is 6.80. The number of carbonyl (C=O) groups is 1. The number of nitrogen functional groups attached to an aromatic ring is 1. The van der Waals surface area contributed by atoms with Crippen molar-refractivity contribution in [3.8, 4) is 11.1 Å². The van der Waals surface area contributed by atoms with E-state index in [1.807, 2.05) is 0 Å². The van der Waals surface area contributed by atoms with Gasteiger partial charge in [-0.2, -0.15) is 4.98 Å². The summed E-state index contributed by atoms with van der Waals surface area (Å²) in [6.45, 7) is 0. The predicted molar refractivity (Wildman–Crippen MR) is 79.8 cm³/mol. The summed E-state index contributed by atoms with van der Waals surface area (Å²) in [7, 11) is 0. The highest BCUT2D eigenvalue weighted by Crippen LogP contribution is 2.30. The summed E-state index contributed by atoms with van der Waals surface area (Å²) >= 11 is 11.9. The highest BCUT2D eigenvalue weighted by molar-refractivity contribution is 6.35. The summed E-state index contributed by atoms with van der Waals surface area (Å²) in [6.07, 6.45) is 0. The second-order valence-electron chi connectivity index (χ2n) is 4.30. The Bertz CT molecular complexity index is 856. The molecule has 0 aliphatic rings. The Morgan fingerprint density at radius 1 is 1.19 bits per heavy atom. The number of fused-ring (bicyclic) bond motifs is 1. The van der Waals surface area contributed by atoms with E-state index < -0.39 is 5.97 Å².